The maximum Gasteiger partial charge on any atom is 0.269 e. The molecule has 34 heavy (non-hydrogen) atoms. The molecule has 9 heteroatoms. The van der Waals surface area contributed by atoms with E-state index in [0.29, 0.717) is 26.1 Å². The Bertz CT molecular complexity index is 1080. The number of hydrazine groups is 1. The Morgan fingerprint density at radius 1 is 0.941 bits per heavy atom. The highest BCUT2D eigenvalue weighted by Gasteiger charge is 2.27. The molecule has 184 valence electrons. The summed E-state index contributed by atoms with van der Waals surface area (Å²) in [5, 5.41) is 0. The minimum absolute atomic E-state index is 0.0778. The summed E-state index contributed by atoms with van der Waals surface area (Å²) in [4.78, 5) is 24.4. The molecular formula is C25H33N3O5S. The van der Waals surface area contributed by atoms with Gasteiger partial charge in [-0.05, 0) is 66.6 Å². The molecule has 1 aliphatic rings. The third kappa shape index (κ3) is 6.80. The molecule has 0 aliphatic carbocycles. The molecule has 2 aromatic rings. The number of benzene rings is 2. The molecule has 0 aromatic heterocycles. The molecular weight excluding hydrogens is 454 g/mol. The van der Waals surface area contributed by atoms with E-state index < -0.39 is 15.9 Å². The Kier molecular flexibility index (Phi) is 8.33. The highest BCUT2D eigenvalue weighted by molar-refractivity contribution is 7.89. The first-order valence-electron chi connectivity index (χ1n) is 11.5. The SMILES string of the molecule is CC(C)(C)c1ccc(OCCCC(=O)NNC(=O)c2ccc(S(=O)(=O)N3CCCC3)cc2)cc1. The highest BCUT2D eigenvalue weighted by Crippen LogP contribution is 2.24. The topological polar surface area (TPSA) is 105 Å². The molecule has 1 saturated heterocycles. The number of hydrogen-bond acceptors (Lipinski definition) is 5. The van der Waals surface area contributed by atoms with Crippen LogP contribution in [0.3, 0.4) is 0 Å². The molecule has 0 saturated carbocycles. The molecule has 2 N–H and O–H groups in total. The molecule has 2 aromatic carbocycles. The average Bonchev–Trinajstić information content (AvgIpc) is 3.36. The quantitative estimate of drug-likeness (QED) is 0.439. The van der Waals surface area contributed by atoms with Crippen LogP contribution in [0.5, 0.6) is 5.75 Å². The Labute approximate surface area is 201 Å². The predicted molar refractivity (Wildman–Crippen MR) is 130 cm³/mol. The second-order valence-electron chi connectivity index (χ2n) is 9.36. The first-order chi connectivity index (χ1) is 16.1. The number of amides is 2. The molecule has 0 spiro atoms. The van der Waals surface area contributed by atoms with Crippen LogP contribution in [0.25, 0.3) is 0 Å². The second-order valence-corrected chi connectivity index (χ2v) is 11.3. The van der Waals surface area contributed by atoms with Crippen molar-refractivity contribution in [3.05, 3.63) is 59.7 Å². The van der Waals surface area contributed by atoms with E-state index in [2.05, 4.69) is 31.6 Å². The van der Waals surface area contributed by atoms with Crippen LogP contribution < -0.4 is 15.6 Å². The number of carbonyl (C=O) groups is 2. The Morgan fingerprint density at radius 2 is 1.56 bits per heavy atom. The van der Waals surface area contributed by atoms with E-state index in [1.54, 1.807) is 0 Å². The van der Waals surface area contributed by atoms with Gasteiger partial charge in [0.2, 0.25) is 15.9 Å². The molecule has 2 amide bonds. The van der Waals surface area contributed by atoms with Gasteiger partial charge >= 0.3 is 0 Å². The smallest absolute Gasteiger partial charge is 0.269 e. The van der Waals surface area contributed by atoms with Crippen molar-refractivity contribution in [2.24, 2.45) is 0 Å². The molecule has 0 unspecified atom stereocenters. The third-order valence-corrected chi connectivity index (χ3v) is 7.58. The van der Waals surface area contributed by atoms with Crippen molar-refractivity contribution in [2.45, 2.75) is 56.8 Å². The van der Waals surface area contributed by atoms with E-state index >= 15 is 0 Å². The van der Waals surface area contributed by atoms with E-state index in [0.717, 1.165) is 18.6 Å². The average molecular weight is 488 g/mol. The number of sulfonamides is 1. The fourth-order valence-electron chi connectivity index (χ4n) is 3.59. The van der Waals surface area contributed by atoms with Crippen molar-refractivity contribution in [1.29, 1.82) is 0 Å². The van der Waals surface area contributed by atoms with Crippen LogP contribution in [-0.4, -0.2) is 44.2 Å². The van der Waals surface area contributed by atoms with Gasteiger partial charge in [-0.2, -0.15) is 4.31 Å². The summed E-state index contributed by atoms with van der Waals surface area (Å²) in [6, 6.07) is 13.6. The van der Waals surface area contributed by atoms with Crippen LogP contribution in [0.1, 0.15) is 62.4 Å². The zero-order valence-corrected chi connectivity index (χ0v) is 20.8. The van der Waals surface area contributed by atoms with Gasteiger partial charge in [0.25, 0.3) is 5.91 Å². The van der Waals surface area contributed by atoms with E-state index in [1.807, 2.05) is 24.3 Å². The summed E-state index contributed by atoms with van der Waals surface area (Å²) in [6.07, 6.45) is 2.39. The van der Waals surface area contributed by atoms with Gasteiger partial charge in [-0.3, -0.25) is 20.4 Å². The van der Waals surface area contributed by atoms with Crippen LogP contribution in [0.4, 0.5) is 0 Å². The van der Waals surface area contributed by atoms with Crippen molar-refractivity contribution in [2.75, 3.05) is 19.7 Å². The van der Waals surface area contributed by atoms with E-state index in [1.165, 1.54) is 34.1 Å². The summed E-state index contributed by atoms with van der Waals surface area (Å²) in [6.45, 7) is 7.86. The first kappa shape index (κ1) is 25.7. The van der Waals surface area contributed by atoms with E-state index in [4.69, 9.17) is 4.74 Å². The summed E-state index contributed by atoms with van der Waals surface area (Å²) in [5.41, 5.74) is 6.28. The molecule has 8 nitrogen and oxygen atoms in total. The standard InChI is InChI=1S/C25H33N3O5S/c1-25(2,3)20-10-12-21(13-11-20)33-18-6-7-23(29)26-27-24(30)19-8-14-22(15-9-19)34(31,32)28-16-4-5-17-28/h8-15H,4-7,16-18H2,1-3H3,(H,26,29)(H,27,30). The van der Waals surface area contributed by atoms with Crippen molar-refractivity contribution in [3.8, 4) is 5.75 Å². The monoisotopic (exact) mass is 487 g/mol. The van der Waals surface area contributed by atoms with E-state index in [-0.39, 0.29) is 28.2 Å². The van der Waals surface area contributed by atoms with Crippen molar-refractivity contribution >= 4 is 21.8 Å². The van der Waals surface area contributed by atoms with Crippen LogP contribution in [0, 0.1) is 0 Å². The molecule has 0 bridgehead atoms. The molecule has 1 aliphatic heterocycles. The third-order valence-electron chi connectivity index (χ3n) is 5.67. The van der Waals surface area contributed by atoms with Crippen LogP contribution in [-0.2, 0) is 20.2 Å². The fourth-order valence-corrected chi connectivity index (χ4v) is 5.11. The fraction of sp³-hybridized carbons (Fsp3) is 0.440. The minimum Gasteiger partial charge on any atom is -0.494 e. The summed E-state index contributed by atoms with van der Waals surface area (Å²) >= 11 is 0. The number of hydrogen-bond donors (Lipinski definition) is 2. The minimum atomic E-state index is -3.53. The number of nitrogens with one attached hydrogen (secondary N) is 2. The van der Waals surface area contributed by atoms with Gasteiger partial charge in [-0.25, -0.2) is 8.42 Å². The zero-order chi connectivity index (χ0) is 24.8. The Balaban J connectivity index is 1.38. The molecule has 0 atom stereocenters. The van der Waals surface area contributed by atoms with Gasteiger partial charge in [0.1, 0.15) is 5.75 Å². The maximum atomic E-state index is 12.6. The van der Waals surface area contributed by atoms with Gasteiger partial charge in [0.15, 0.2) is 0 Å². The van der Waals surface area contributed by atoms with Crippen molar-refractivity contribution in [3.63, 3.8) is 0 Å². The van der Waals surface area contributed by atoms with Crippen molar-refractivity contribution in [1.82, 2.24) is 15.2 Å². The molecule has 1 fully saturated rings. The largest absolute Gasteiger partial charge is 0.494 e. The Morgan fingerprint density at radius 3 is 2.15 bits per heavy atom. The van der Waals surface area contributed by atoms with Crippen LogP contribution in [0.15, 0.2) is 53.4 Å². The summed E-state index contributed by atoms with van der Waals surface area (Å²) in [5.74, 6) is -0.112. The van der Waals surface area contributed by atoms with Crippen LogP contribution in [0.2, 0.25) is 0 Å². The van der Waals surface area contributed by atoms with Gasteiger partial charge in [0.05, 0.1) is 11.5 Å². The van der Waals surface area contributed by atoms with Crippen LogP contribution >= 0.6 is 0 Å². The lowest BCUT2D eigenvalue weighted by molar-refractivity contribution is -0.122. The predicted octanol–water partition coefficient (Wildman–Crippen LogP) is 3.39. The number of ether oxygens (including phenoxy) is 1. The highest BCUT2D eigenvalue weighted by atomic mass is 32.2. The molecule has 3 rings (SSSR count). The number of nitrogens with zero attached hydrogens (tertiary/aromatic N) is 1. The van der Waals surface area contributed by atoms with Crippen molar-refractivity contribution < 1.29 is 22.7 Å². The Hall–Kier alpha value is -2.91. The summed E-state index contributed by atoms with van der Waals surface area (Å²) in [7, 11) is -3.53. The molecule has 0 radical (unpaired) electrons. The lowest BCUT2D eigenvalue weighted by Gasteiger charge is -2.19. The van der Waals surface area contributed by atoms with E-state index in [9.17, 15) is 18.0 Å². The lowest BCUT2D eigenvalue weighted by Crippen LogP contribution is -2.41. The first-order valence-corrected chi connectivity index (χ1v) is 12.9. The summed E-state index contributed by atoms with van der Waals surface area (Å²) < 4.78 is 32.2. The number of rotatable bonds is 8. The van der Waals surface area contributed by atoms with Gasteiger partial charge in [-0.15, -0.1) is 0 Å². The van der Waals surface area contributed by atoms with Gasteiger partial charge in [0, 0.05) is 25.1 Å². The lowest BCUT2D eigenvalue weighted by atomic mass is 9.87. The van der Waals surface area contributed by atoms with Gasteiger partial charge in [-0.1, -0.05) is 32.9 Å². The number of carbonyl (C=O) groups excluding carboxylic acids is 2. The normalized spacial score (nSPS) is 14.6. The maximum absolute atomic E-state index is 12.6. The molecule has 1 heterocycles. The zero-order valence-electron chi connectivity index (χ0n) is 20.0. The van der Waals surface area contributed by atoms with Gasteiger partial charge < -0.3 is 4.74 Å². The second kappa shape index (κ2) is 11.0.